The molecule has 0 unspecified atom stereocenters. The molecule has 10 atom stereocenters. The summed E-state index contributed by atoms with van der Waals surface area (Å²) < 4.78 is 40.2. The van der Waals surface area contributed by atoms with Crippen LogP contribution in [0.15, 0.2) is 50.4 Å². The minimum absolute atomic E-state index is 0.0574. The third-order valence-corrected chi connectivity index (χ3v) is 11.4. The number of hydrogen-bond acceptors (Lipinski definition) is 17. The van der Waals surface area contributed by atoms with Crippen LogP contribution in [0.3, 0.4) is 0 Å². The number of aromatic nitrogens is 3. The fraction of sp³-hybridized carbons (Fsp3) is 0.636. The molecule has 3 N–H and O–H groups in total. The number of esters is 1. The summed E-state index contributed by atoms with van der Waals surface area (Å²) in [6.07, 6.45) is 8.71. The van der Waals surface area contributed by atoms with Crippen LogP contribution in [0.1, 0.15) is 103 Å². The lowest BCUT2D eigenvalue weighted by Crippen LogP contribution is -2.35. The number of rotatable bonds is 15. The molecule has 1 aliphatic rings. The first kappa shape index (κ1) is 49.1. The van der Waals surface area contributed by atoms with Gasteiger partial charge in [0.05, 0.1) is 30.8 Å². The Morgan fingerprint density at radius 3 is 2.33 bits per heavy atom. The van der Waals surface area contributed by atoms with E-state index in [0.29, 0.717) is 61.5 Å². The quantitative estimate of drug-likeness (QED) is 0.118. The Balaban J connectivity index is 1.49. The van der Waals surface area contributed by atoms with E-state index in [9.17, 15) is 29.7 Å². The predicted molar refractivity (Wildman–Crippen MR) is 222 cm³/mol. The highest BCUT2D eigenvalue weighted by atomic mass is 16.5. The highest BCUT2D eigenvalue weighted by Gasteiger charge is 2.33. The number of Topliss-reactive ketones (excluding diaryl/α,β-unsaturated/α-hetero) is 2. The zero-order chi connectivity index (χ0) is 44.6. The molecule has 0 saturated heterocycles. The predicted octanol–water partition coefficient (Wildman–Crippen LogP) is 5.95. The van der Waals surface area contributed by atoms with E-state index in [1.54, 1.807) is 45.4 Å². The number of hydrogen-bond donors (Lipinski definition) is 3. The van der Waals surface area contributed by atoms with Crippen LogP contribution in [-0.4, -0.2) is 118 Å². The molecule has 0 saturated carbocycles. The SMILES string of the molecule is CO[C@@H](C[C@@H]1OC(=O)C[C@@H](O)C[C@H](O)CC(=O)[C@H](C)[C@H](OC)c2coc(n2)-c2coc(n2)-c2coc(n2)C=CCC[C@H]1C)[C@@H](C)CCC(=O)[C@H](C)[C@@H](C/C=C/N(C)CO)OC. The van der Waals surface area contributed by atoms with Crippen LogP contribution in [-0.2, 0) is 33.3 Å². The van der Waals surface area contributed by atoms with Crippen LogP contribution in [0.2, 0.25) is 0 Å². The molecule has 3 aromatic rings. The fourth-order valence-electron chi connectivity index (χ4n) is 7.38. The van der Waals surface area contributed by atoms with Gasteiger partial charge in [-0.15, -0.1) is 0 Å². The summed E-state index contributed by atoms with van der Waals surface area (Å²) in [6.45, 7) is 7.35. The molecule has 0 fully saturated rings. The zero-order valence-corrected chi connectivity index (χ0v) is 36.6. The van der Waals surface area contributed by atoms with Gasteiger partial charge in [-0.2, -0.15) is 0 Å². The van der Waals surface area contributed by atoms with E-state index < -0.39 is 42.7 Å². The summed E-state index contributed by atoms with van der Waals surface area (Å²) in [5.74, 6) is -1.65. The van der Waals surface area contributed by atoms with E-state index in [0.717, 1.165) is 0 Å². The number of allylic oxidation sites excluding steroid dienone is 1. The maximum atomic E-state index is 13.4. The minimum atomic E-state index is -1.28. The van der Waals surface area contributed by atoms with Gasteiger partial charge in [-0.3, -0.25) is 14.4 Å². The highest BCUT2D eigenvalue weighted by Crippen LogP contribution is 2.32. The van der Waals surface area contributed by atoms with Crippen molar-refractivity contribution in [2.75, 3.05) is 35.1 Å². The van der Waals surface area contributed by atoms with Gasteiger partial charge in [-0.25, -0.2) is 15.0 Å². The second kappa shape index (κ2) is 24.2. The van der Waals surface area contributed by atoms with Crippen molar-refractivity contribution < 1.29 is 61.9 Å². The number of ketones is 2. The van der Waals surface area contributed by atoms with Crippen LogP contribution in [0.4, 0.5) is 0 Å². The molecular formula is C44H64N4O13. The average Bonchev–Trinajstić information content (AvgIpc) is 4.03. The van der Waals surface area contributed by atoms with Gasteiger partial charge in [-0.05, 0) is 49.8 Å². The molecule has 3 aromatic heterocycles. The van der Waals surface area contributed by atoms with Crippen molar-refractivity contribution in [3.05, 3.63) is 48.7 Å². The molecule has 0 aromatic carbocycles. The van der Waals surface area contributed by atoms with Gasteiger partial charge < -0.3 is 52.4 Å². The second-order valence-electron chi connectivity index (χ2n) is 16.1. The Labute approximate surface area is 357 Å². The summed E-state index contributed by atoms with van der Waals surface area (Å²) in [5, 5.41) is 30.9. The number of nitrogens with zero attached hydrogens (tertiary/aromatic N) is 4. The van der Waals surface area contributed by atoms with Crippen LogP contribution in [0.25, 0.3) is 29.2 Å². The smallest absolute Gasteiger partial charge is 0.308 e. The lowest BCUT2D eigenvalue weighted by molar-refractivity contribution is -0.157. The second-order valence-corrected chi connectivity index (χ2v) is 16.1. The molecule has 0 aliphatic carbocycles. The van der Waals surface area contributed by atoms with E-state index in [2.05, 4.69) is 15.0 Å². The van der Waals surface area contributed by atoms with Crippen LogP contribution >= 0.6 is 0 Å². The molecule has 4 rings (SSSR count). The minimum Gasteiger partial charge on any atom is -0.462 e. The summed E-state index contributed by atoms with van der Waals surface area (Å²) in [4.78, 5) is 55.0. The molecule has 0 spiro atoms. The van der Waals surface area contributed by atoms with Crippen molar-refractivity contribution in [2.24, 2.45) is 23.7 Å². The van der Waals surface area contributed by atoms with Gasteiger partial charge in [-0.1, -0.05) is 39.8 Å². The molecule has 1 aliphatic heterocycles. The molecule has 338 valence electrons. The molecule has 6 bridgehead atoms. The third-order valence-electron chi connectivity index (χ3n) is 11.4. The molecule has 17 nitrogen and oxygen atoms in total. The number of oxazole rings is 3. The number of aliphatic hydroxyl groups excluding tert-OH is 3. The van der Waals surface area contributed by atoms with E-state index in [1.807, 2.05) is 32.9 Å². The van der Waals surface area contributed by atoms with Gasteiger partial charge in [0.1, 0.15) is 55.0 Å². The van der Waals surface area contributed by atoms with Gasteiger partial charge in [0.2, 0.25) is 17.7 Å². The summed E-state index contributed by atoms with van der Waals surface area (Å²) in [5.41, 5.74) is 0.981. The Bertz CT molecular complexity index is 1870. The number of fused-ring (bicyclic) bond motifs is 8. The fourth-order valence-corrected chi connectivity index (χ4v) is 7.38. The number of carbonyl (C=O) groups excluding carboxylic acids is 3. The Hall–Kier alpha value is -4.52. The van der Waals surface area contributed by atoms with E-state index in [1.165, 1.54) is 25.9 Å². The Morgan fingerprint density at radius 1 is 0.951 bits per heavy atom. The first-order valence-corrected chi connectivity index (χ1v) is 20.9. The van der Waals surface area contributed by atoms with Gasteiger partial charge in [0.15, 0.2) is 11.4 Å². The third kappa shape index (κ3) is 14.5. The van der Waals surface area contributed by atoms with E-state index >= 15 is 0 Å². The van der Waals surface area contributed by atoms with Crippen molar-refractivity contribution >= 4 is 23.6 Å². The number of ether oxygens (including phenoxy) is 4. The largest absolute Gasteiger partial charge is 0.462 e. The van der Waals surface area contributed by atoms with Crippen molar-refractivity contribution in [3.8, 4) is 23.2 Å². The summed E-state index contributed by atoms with van der Waals surface area (Å²) in [7, 11) is 6.34. The van der Waals surface area contributed by atoms with Gasteiger partial charge >= 0.3 is 5.97 Å². The van der Waals surface area contributed by atoms with Crippen molar-refractivity contribution in [3.63, 3.8) is 0 Å². The number of cyclic esters (lactones) is 1. The average molecular weight is 857 g/mol. The topological polar surface area (TPSA) is 230 Å². The van der Waals surface area contributed by atoms with Gasteiger partial charge in [0, 0.05) is 65.9 Å². The molecule has 0 amide bonds. The molecule has 17 heteroatoms. The standard InChI is InChI=1S/C44H64N4O13/c1-26-12-9-10-14-40-45-33(23-58-40)43-47-34(24-60-43)44-46-32(22-59-44)42(57-8)29(4)36(53)19-30(50)18-31(51)20-41(54)61-39(26)21-38(56-7)27(2)15-16-35(52)28(3)37(55-6)13-11-17-48(5)25-49/h10-11,14,17,22-24,26-31,37-39,42,49-51H,9,12-13,15-16,18-21,25H2,1-8H3/b14-10?,17-11+/t26-,27+,28+,29+,30+,31+,37-,38+,39+,42+/m1/s1. The monoisotopic (exact) mass is 856 g/mol. The lowest BCUT2D eigenvalue weighted by atomic mass is 9.86. The zero-order valence-electron chi connectivity index (χ0n) is 36.6. The molecule has 61 heavy (non-hydrogen) atoms. The molecular weight excluding hydrogens is 792 g/mol. The first-order valence-electron chi connectivity index (χ1n) is 20.9. The summed E-state index contributed by atoms with van der Waals surface area (Å²) in [6, 6.07) is 0. The number of carbonyl (C=O) groups is 3. The maximum Gasteiger partial charge on any atom is 0.308 e. The number of aliphatic hydroxyl groups is 3. The number of methoxy groups -OCH3 is 3. The Morgan fingerprint density at radius 2 is 1.62 bits per heavy atom. The van der Waals surface area contributed by atoms with Crippen molar-refractivity contribution in [1.82, 2.24) is 19.9 Å². The molecule has 4 heterocycles. The maximum absolute atomic E-state index is 13.4. The van der Waals surface area contributed by atoms with Crippen molar-refractivity contribution in [1.29, 1.82) is 0 Å². The van der Waals surface area contributed by atoms with E-state index in [4.69, 9.17) is 32.2 Å². The van der Waals surface area contributed by atoms with Gasteiger partial charge in [0.25, 0.3) is 0 Å². The Kier molecular flexibility index (Phi) is 19.5. The summed E-state index contributed by atoms with van der Waals surface area (Å²) >= 11 is 0. The van der Waals surface area contributed by atoms with Crippen LogP contribution < -0.4 is 0 Å². The van der Waals surface area contributed by atoms with Crippen LogP contribution in [0, 0.1) is 23.7 Å². The normalized spacial score (nSPS) is 24.4. The van der Waals surface area contributed by atoms with Crippen molar-refractivity contribution in [2.45, 2.75) is 122 Å². The van der Waals surface area contributed by atoms with E-state index in [-0.39, 0.29) is 72.9 Å². The van der Waals surface area contributed by atoms with Crippen LogP contribution in [0.5, 0.6) is 0 Å². The lowest BCUT2D eigenvalue weighted by Gasteiger charge is -2.31. The molecule has 0 radical (unpaired) electrons. The highest BCUT2D eigenvalue weighted by molar-refractivity contribution is 5.82. The first-order chi connectivity index (χ1) is 29.2.